The summed E-state index contributed by atoms with van der Waals surface area (Å²) in [7, 11) is 0. The van der Waals surface area contributed by atoms with Gasteiger partial charge in [-0.25, -0.2) is 4.98 Å². The molecule has 1 aliphatic carbocycles. The van der Waals surface area contributed by atoms with Gasteiger partial charge in [-0.15, -0.1) is 11.3 Å². The number of fused-ring (bicyclic) bond motifs is 1. The third kappa shape index (κ3) is 3.78. The summed E-state index contributed by atoms with van der Waals surface area (Å²) in [5.74, 6) is -0.434. The molecule has 2 aromatic carbocycles. The highest BCUT2D eigenvalue weighted by Gasteiger charge is 2.40. The van der Waals surface area contributed by atoms with Gasteiger partial charge in [0.2, 0.25) is 11.8 Å². The van der Waals surface area contributed by atoms with E-state index in [4.69, 9.17) is 10.7 Å². The molecule has 3 N–H and O–H groups in total. The van der Waals surface area contributed by atoms with E-state index in [1.165, 1.54) is 6.42 Å². The number of nitrogens with one attached hydrogen (secondary N) is 1. The molecule has 0 aliphatic heterocycles. The zero-order valence-electron chi connectivity index (χ0n) is 15.6. The van der Waals surface area contributed by atoms with Crippen molar-refractivity contribution in [1.29, 1.82) is 0 Å². The number of nitrogens with two attached hydrogens (primary N) is 1. The van der Waals surface area contributed by atoms with E-state index in [9.17, 15) is 9.59 Å². The van der Waals surface area contributed by atoms with Crippen molar-refractivity contribution in [2.24, 2.45) is 11.1 Å². The van der Waals surface area contributed by atoms with Crippen LogP contribution < -0.4 is 11.1 Å². The van der Waals surface area contributed by atoms with E-state index >= 15 is 0 Å². The predicted molar refractivity (Wildman–Crippen MR) is 112 cm³/mol. The van der Waals surface area contributed by atoms with Crippen LogP contribution in [-0.4, -0.2) is 16.8 Å². The van der Waals surface area contributed by atoms with Gasteiger partial charge in [0.15, 0.2) is 0 Å². The van der Waals surface area contributed by atoms with Gasteiger partial charge in [-0.3, -0.25) is 9.59 Å². The molecule has 1 saturated carbocycles. The zero-order valence-corrected chi connectivity index (χ0v) is 16.4. The molecule has 0 saturated heterocycles. The van der Waals surface area contributed by atoms with Gasteiger partial charge >= 0.3 is 0 Å². The van der Waals surface area contributed by atoms with Crippen molar-refractivity contribution in [2.45, 2.75) is 38.5 Å². The van der Waals surface area contributed by atoms with Gasteiger partial charge in [0.05, 0.1) is 20.6 Å². The largest absolute Gasteiger partial charge is 0.366 e. The Kier molecular flexibility index (Phi) is 5.13. The number of hydrogen-bond acceptors (Lipinski definition) is 4. The highest BCUT2D eigenvalue weighted by Crippen LogP contribution is 2.41. The summed E-state index contributed by atoms with van der Waals surface area (Å²) < 4.78 is 1.16. The van der Waals surface area contributed by atoms with Crippen molar-refractivity contribution in [3.63, 3.8) is 0 Å². The summed E-state index contributed by atoms with van der Waals surface area (Å²) in [6, 6.07) is 14.8. The monoisotopic (exact) mass is 393 g/mol. The van der Waals surface area contributed by atoms with Crippen LogP contribution in [0.1, 0.15) is 47.5 Å². The number of para-hydroxylation sites is 1. The minimum Gasteiger partial charge on any atom is -0.366 e. The molecule has 0 atom stereocenters. The lowest BCUT2D eigenvalue weighted by molar-refractivity contribution is -0.127. The van der Waals surface area contributed by atoms with Gasteiger partial charge in [-0.05, 0) is 49.2 Å². The molecule has 144 valence electrons. The number of amides is 2. The minimum atomic E-state index is -0.475. The number of aromatic nitrogens is 1. The second-order valence-corrected chi connectivity index (χ2v) is 8.60. The first-order valence-corrected chi connectivity index (χ1v) is 10.4. The molecule has 6 heteroatoms. The lowest BCUT2D eigenvalue weighted by Crippen LogP contribution is -2.40. The Balaban J connectivity index is 1.57. The molecule has 0 spiro atoms. The Hall–Kier alpha value is -2.73. The molecule has 1 fully saturated rings. The fraction of sp³-hybridized carbons (Fsp3) is 0.318. The van der Waals surface area contributed by atoms with Crippen molar-refractivity contribution in [3.8, 4) is 0 Å². The molecule has 1 aromatic heterocycles. The van der Waals surface area contributed by atoms with Crippen LogP contribution in [0.5, 0.6) is 0 Å². The number of thiazole rings is 1. The van der Waals surface area contributed by atoms with Crippen LogP contribution in [0.15, 0.2) is 48.5 Å². The normalized spacial score (nSPS) is 16.0. The molecule has 5 nitrogen and oxygen atoms in total. The summed E-state index contributed by atoms with van der Waals surface area (Å²) in [4.78, 5) is 29.3. The molecule has 0 bridgehead atoms. The summed E-state index contributed by atoms with van der Waals surface area (Å²) >= 11 is 1.68. The SMILES string of the molecule is NC(=O)c1ccc(NC(=O)C2(Cc3nc4ccccc4s3)CCCCC2)cc1. The molecule has 3 aromatic rings. The second kappa shape index (κ2) is 7.72. The van der Waals surface area contributed by atoms with Gasteiger partial charge in [-0.1, -0.05) is 31.4 Å². The maximum atomic E-state index is 13.3. The highest BCUT2D eigenvalue weighted by atomic mass is 32.1. The lowest BCUT2D eigenvalue weighted by Gasteiger charge is -2.35. The third-order valence-electron chi connectivity index (χ3n) is 5.55. The average Bonchev–Trinajstić information content (AvgIpc) is 3.11. The van der Waals surface area contributed by atoms with Crippen molar-refractivity contribution in [2.75, 3.05) is 5.32 Å². The molecule has 1 heterocycles. The second-order valence-electron chi connectivity index (χ2n) is 7.49. The van der Waals surface area contributed by atoms with Gasteiger partial charge in [0, 0.05) is 17.7 Å². The van der Waals surface area contributed by atoms with E-state index in [2.05, 4.69) is 11.4 Å². The van der Waals surface area contributed by atoms with Crippen LogP contribution in [0.2, 0.25) is 0 Å². The smallest absolute Gasteiger partial charge is 0.248 e. The zero-order chi connectivity index (χ0) is 19.6. The van der Waals surface area contributed by atoms with Crippen molar-refractivity contribution >= 4 is 39.1 Å². The van der Waals surface area contributed by atoms with Crippen LogP contribution in [0.4, 0.5) is 5.69 Å². The van der Waals surface area contributed by atoms with Crippen LogP contribution in [-0.2, 0) is 11.2 Å². The number of rotatable bonds is 5. The van der Waals surface area contributed by atoms with Crippen molar-refractivity contribution in [3.05, 3.63) is 59.1 Å². The Labute approximate surface area is 168 Å². The number of primary amides is 1. The number of anilines is 1. The number of hydrogen-bond donors (Lipinski definition) is 2. The number of nitrogens with zero attached hydrogens (tertiary/aromatic N) is 1. The fourth-order valence-electron chi connectivity index (χ4n) is 3.98. The van der Waals surface area contributed by atoms with Crippen LogP contribution in [0.25, 0.3) is 10.2 Å². The molecule has 2 amide bonds. The van der Waals surface area contributed by atoms with E-state index in [1.54, 1.807) is 35.6 Å². The van der Waals surface area contributed by atoms with E-state index in [-0.39, 0.29) is 5.91 Å². The van der Waals surface area contributed by atoms with E-state index < -0.39 is 11.3 Å². The van der Waals surface area contributed by atoms with Crippen LogP contribution in [0, 0.1) is 5.41 Å². The Morgan fingerprint density at radius 1 is 1.04 bits per heavy atom. The molecule has 0 radical (unpaired) electrons. The number of carbonyl (C=O) groups excluding carboxylic acids is 2. The molecule has 0 unspecified atom stereocenters. The summed E-state index contributed by atoms with van der Waals surface area (Å²) in [5, 5.41) is 4.07. The standard InChI is InChI=1S/C22H23N3O2S/c23-20(26)15-8-10-16(11-9-15)24-21(27)22(12-4-1-5-13-22)14-19-25-17-6-2-3-7-18(17)28-19/h2-3,6-11H,1,4-5,12-14H2,(H2,23,26)(H,24,27). The van der Waals surface area contributed by atoms with Gasteiger partial charge < -0.3 is 11.1 Å². The maximum Gasteiger partial charge on any atom is 0.248 e. The maximum absolute atomic E-state index is 13.3. The average molecular weight is 394 g/mol. The predicted octanol–water partition coefficient (Wildman–Crippen LogP) is 4.53. The number of carbonyl (C=O) groups is 2. The number of benzene rings is 2. The first kappa shape index (κ1) is 18.6. The Morgan fingerprint density at radius 3 is 2.43 bits per heavy atom. The van der Waals surface area contributed by atoms with Crippen LogP contribution >= 0.6 is 11.3 Å². The van der Waals surface area contributed by atoms with Gasteiger partial charge in [-0.2, -0.15) is 0 Å². The quantitative estimate of drug-likeness (QED) is 0.668. The summed E-state index contributed by atoms with van der Waals surface area (Å²) in [6.45, 7) is 0. The van der Waals surface area contributed by atoms with E-state index in [1.807, 2.05) is 18.2 Å². The third-order valence-corrected chi connectivity index (χ3v) is 6.58. The fourth-order valence-corrected chi connectivity index (χ4v) is 5.09. The van der Waals surface area contributed by atoms with Crippen molar-refractivity contribution in [1.82, 2.24) is 4.98 Å². The highest BCUT2D eigenvalue weighted by molar-refractivity contribution is 7.18. The Morgan fingerprint density at radius 2 is 1.75 bits per heavy atom. The first-order valence-electron chi connectivity index (χ1n) is 9.62. The minimum absolute atomic E-state index is 0.0401. The van der Waals surface area contributed by atoms with Crippen molar-refractivity contribution < 1.29 is 9.59 Å². The molecule has 4 rings (SSSR count). The topological polar surface area (TPSA) is 85.1 Å². The molecular weight excluding hydrogens is 370 g/mol. The van der Waals surface area contributed by atoms with E-state index in [0.29, 0.717) is 17.7 Å². The Bertz CT molecular complexity index is 971. The summed E-state index contributed by atoms with van der Waals surface area (Å²) in [5.41, 5.74) is 6.96. The molecular formula is C22H23N3O2S. The first-order chi connectivity index (χ1) is 13.6. The molecule has 1 aliphatic rings. The van der Waals surface area contributed by atoms with Gasteiger partial charge in [0.1, 0.15) is 0 Å². The molecule has 28 heavy (non-hydrogen) atoms. The van der Waals surface area contributed by atoms with Gasteiger partial charge in [0.25, 0.3) is 0 Å². The van der Waals surface area contributed by atoms with E-state index in [0.717, 1.165) is 40.9 Å². The lowest BCUT2D eigenvalue weighted by atomic mass is 9.71. The van der Waals surface area contributed by atoms with Crippen LogP contribution in [0.3, 0.4) is 0 Å². The summed E-state index contributed by atoms with van der Waals surface area (Å²) in [6.07, 6.45) is 5.68.